The second-order valence-electron chi connectivity index (χ2n) is 4.60. The van der Waals surface area contributed by atoms with Gasteiger partial charge in [-0.15, -0.1) is 0 Å². The van der Waals surface area contributed by atoms with Gasteiger partial charge < -0.3 is 0 Å². The first-order chi connectivity index (χ1) is 7.42. The maximum absolute atomic E-state index is 2.42. The third-order valence-electron chi connectivity index (χ3n) is 3.73. The lowest BCUT2D eigenvalue weighted by Gasteiger charge is -2.07. The lowest BCUT2D eigenvalue weighted by molar-refractivity contribution is 1.22. The van der Waals surface area contributed by atoms with Gasteiger partial charge in [0.2, 0.25) is 0 Å². The minimum atomic E-state index is 1.12. The molecule has 4 rings (SSSR count). The largest absolute Gasteiger partial charge is 0.0798 e. The normalized spacial score (nSPS) is 19.7. The van der Waals surface area contributed by atoms with Crippen LogP contribution in [0, 0.1) is 0 Å². The lowest BCUT2D eigenvalue weighted by Crippen LogP contribution is -1.90. The zero-order valence-electron chi connectivity index (χ0n) is 8.59. The molecule has 3 aliphatic rings. The van der Waals surface area contributed by atoms with Crippen LogP contribution in [0.3, 0.4) is 0 Å². The van der Waals surface area contributed by atoms with Gasteiger partial charge in [-0.25, -0.2) is 0 Å². The van der Waals surface area contributed by atoms with Gasteiger partial charge >= 0.3 is 0 Å². The quantitative estimate of drug-likeness (QED) is 0.590. The molecule has 0 bridgehead atoms. The van der Waals surface area contributed by atoms with E-state index in [0.29, 0.717) is 0 Å². The molecule has 1 aromatic rings. The number of allylic oxidation sites excluding steroid dienone is 5. The Bertz CT molecular complexity index is 554. The fraction of sp³-hybridized carbons (Fsp3) is 0.200. The van der Waals surface area contributed by atoms with Crippen LogP contribution < -0.4 is 0 Å². The van der Waals surface area contributed by atoms with Gasteiger partial charge in [0.15, 0.2) is 0 Å². The third-order valence-corrected chi connectivity index (χ3v) is 3.73. The van der Waals surface area contributed by atoms with Crippen LogP contribution in [0.2, 0.25) is 0 Å². The molecule has 0 radical (unpaired) electrons. The van der Waals surface area contributed by atoms with Gasteiger partial charge in [-0.05, 0) is 52.7 Å². The van der Waals surface area contributed by atoms with E-state index in [4.69, 9.17) is 0 Å². The predicted octanol–water partition coefficient (Wildman–Crippen LogP) is 3.53. The van der Waals surface area contributed by atoms with E-state index in [-0.39, 0.29) is 0 Å². The van der Waals surface area contributed by atoms with Gasteiger partial charge in [0, 0.05) is 0 Å². The Morgan fingerprint density at radius 3 is 2.80 bits per heavy atom. The number of fused-ring (bicyclic) bond motifs is 3. The molecule has 0 aromatic heterocycles. The van der Waals surface area contributed by atoms with Crippen molar-refractivity contribution in [3.05, 3.63) is 58.2 Å². The van der Waals surface area contributed by atoms with Crippen molar-refractivity contribution in [2.24, 2.45) is 0 Å². The average molecular weight is 192 g/mol. The Morgan fingerprint density at radius 2 is 1.80 bits per heavy atom. The summed E-state index contributed by atoms with van der Waals surface area (Å²) in [4.78, 5) is 0. The van der Waals surface area contributed by atoms with Crippen molar-refractivity contribution in [2.45, 2.75) is 19.3 Å². The van der Waals surface area contributed by atoms with Gasteiger partial charge in [0.25, 0.3) is 0 Å². The third kappa shape index (κ3) is 0.918. The highest BCUT2D eigenvalue weighted by Crippen LogP contribution is 2.41. The van der Waals surface area contributed by atoms with Crippen LogP contribution >= 0.6 is 0 Å². The molecule has 0 heteroatoms. The standard InChI is InChI=1S/C15H12/c1-3-10-7-13-8-12-5-2-6-14(12)15(13)9-11(10)4-1/h1-3,5,7,9H,4,6,8H2. The summed E-state index contributed by atoms with van der Waals surface area (Å²) in [6, 6.07) is 4.81. The first-order valence-electron chi connectivity index (χ1n) is 5.63. The molecule has 72 valence electrons. The van der Waals surface area contributed by atoms with E-state index < -0.39 is 0 Å². The number of benzene rings is 1. The predicted molar refractivity (Wildman–Crippen MR) is 63.6 cm³/mol. The zero-order chi connectivity index (χ0) is 9.83. The van der Waals surface area contributed by atoms with Crippen molar-refractivity contribution in [3.8, 4) is 0 Å². The Balaban J connectivity index is 1.94. The van der Waals surface area contributed by atoms with Crippen LogP contribution in [-0.2, 0) is 12.8 Å². The van der Waals surface area contributed by atoms with Crippen molar-refractivity contribution < 1.29 is 0 Å². The fourth-order valence-corrected chi connectivity index (χ4v) is 2.98. The monoisotopic (exact) mass is 192 g/mol. The summed E-state index contributed by atoms with van der Waals surface area (Å²) in [5, 5.41) is 0. The Kier molecular flexibility index (Phi) is 1.29. The maximum Gasteiger partial charge on any atom is -0.00166 e. The van der Waals surface area contributed by atoms with Crippen LogP contribution in [0.4, 0.5) is 0 Å². The Labute approximate surface area is 89.6 Å². The molecular weight excluding hydrogens is 180 g/mol. The molecule has 3 aliphatic carbocycles. The van der Waals surface area contributed by atoms with E-state index in [0.717, 1.165) is 19.3 Å². The number of hydrogen-bond donors (Lipinski definition) is 0. The molecular formula is C15H12. The van der Waals surface area contributed by atoms with E-state index >= 15 is 0 Å². The SMILES string of the molecule is C1=CC2=C(C1)c1cc3c(cc1C2)C=CC3. The molecule has 15 heavy (non-hydrogen) atoms. The Morgan fingerprint density at radius 1 is 0.867 bits per heavy atom. The highest BCUT2D eigenvalue weighted by molar-refractivity contribution is 5.83. The van der Waals surface area contributed by atoms with Gasteiger partial charge in [-0.2, -0.15) is 0 Å². The van der Waals surface area contributed by atoms with Crippen LogP contribution in [0.25, 0.3) is 11.6 Å². The van der Waals surface area contributed by atoms with Gasteiger partial charge in [0.05, 0.1) is 0 Å². The van der Waals surface area contributed by atoms with Crippen LogP contribution in [0.15, 0.2) is 35.9 Å². The second kappa shape index (κ2) is 2.52. The van der Waals surface area contributed by atoms with Crippen LogP contribution in [0.5, 0.6) is 0 Å². The molecule has 1 aromatic carbocycles. The summed E-state index contributed by atoms with van der Waals surface area (Å²) >= 11 is 0. The molecule has 0 fully saturated rings. The molecule has 0 amide bonds. The first-order valence-corrected chi connectivity index (χ1v) is 5.63. The van der Waals surface area contributed by atoms with Crippen molar-refractivity contribution in [1.82, 2.24) is 0 Å². The summed E-state index contributed by atoms with van der Waals surface area (Å²) in [5.41, 5.74) is 9.15. The molecule has 0 nitrogen and oxygen atoms in total. The number of hydrogen-bond acceptors (Lipinski definition) is 0. The van der Waals surface area contributed by atoms with E-state index in [1.54, 1.807) is 11.1 Å². The van der Waals surface area contributed by atoms with E-state index in [1.165, 1.54) is 22.3 Å². The highest BCUT2D eigenvalue weighted by Gasteiger charge is 2.23. The summed E-state index contributed by atoms with van der Waals surface area (Å²) in [6.07, 6.45) is 12.5. The van der Waals surface area contributed by atoms with Gasteiger partial charge in [-0.3, -0.25) is 0 Å². The molecule has 0 saturated carbocycles. The van der Waals surface area contributed by atoms with Crippen LogP contribution in [-0.4, -0.2) is 0 Å². The van der Waals surface area contributed by atoms with Crippen molar-refractivity contribution in [3.63, 3.8) is 0 Å². The maximum atomic E-state index is 2.42. The Hall–Kier alpha value is -1.56. The topological polar surface area (TPSA) is 0 Å². The van der Waals surface area contributed by atoms with Gasteiger partial charge in [-0.1, -0.05) is 36.4 Å². The van der Waals surface area contributed by atoms with E-state index in [9.17, 15) is 0 Å². The van der Waals surface area contributed by atoms with E-state index in [1.807, 2.05) is 0 Å². The van der Waals surface area contributed by atoms with Crippen molar-refractivity contribution in [2.75, 3.05) is 0 Å². The highest BCUT2D eigenvalue weighted by atomic mass is 14.3. The number of rotatable bonds is 0. The zero-order valence-corrected chi connectivity index (χ0v) is 8.59. The summed E-state index contributed by atoms with van der Waals surface area (Å²) < 4.78 is 0. The second-order valence-corrected chi connectivity index (χ2v) is 4.60. The molecule has 0 heterocycles. The average Bonchev–Trinajstić information content (AvgIpc) is 2.86. The van der Waals surface area contributed by atoms with Crippen molar-refractivity contribution in [1.29, 1.82) is 0 Å². The summed E-state index contributed by atoms with van der Waals surface area (Å²) in [6.45, 7) is 0. The smallest absolute Gasteiger partial charge is 0.00166 e. The van der Waals surface area contributed by atoms with Gasteiger partial charge in [0.1, 0.15) is 0 Å². The summed E-state index contributed by atoms with van der Waals surface area (Å²) in [5.74, 6) is 0. The summed E-state index contributed by atoms with van der Waals surface area (Å²) in [7, 11) is 0. The minimum Gasteiger partial charge on any atom is -0.0798 e. The first kappa shape index (κ1) is 7.70. The molecule has 0 N–H and O–H groups in total. The molecule has 0 saturated heterocycles. The van der Waals surface area contributed by atoms with Crippen molar-refractivity contribution >= 4 is 11.6 Å². The molecule has 0 spiro atoms. The molecule has 0 atom stereocenters. The molecule has 0 unspecified atom stereocenters. The lowest BCUT2D eigenvalue weighted by atomic mass is 9.97. The fourth-order valence-electron chi connectivity index (χ4n) is 2.98. The molecule has 0 aliphatic heterocycles. The van der Waals surface area contributed by atoms with Crippen LogP contribution in [0.1, 0.15) is 28.7 Å². The minimum absolute atomic E-state index is 1.12. The van der Waals surface area contributed by atoms with E-state index in [2.05, 4.69) is 36.4 Å².